The maximum Gasteiger partial charge on any atom is 0.324 e. The molecule has 1 saturated heterocycles. The normalized spacial score (nSPS) is 25.9. The predicted molar refractivity (Wildman–Crippen MR) is 88.6 cm³/mol. The van der Waals surface area contributed by atoms with Gasteiger partial charge in [-0.15, -0.1) is 23.2 Å². The number of imide groups is 1. The van der Waals surface area contributed by atoms with E-state index in [4.69, 9.17) is 23.2 Å². The van der Waals surface area contributed by atoms with E-state index in [2.05, 4.69) is 10.3 Å². The lowest BCUT2D eigenvalue weighted by Crippen LogP contribution is -2.34. The van der Waals surface area contributed by atoms with Crippen LogP contribution >= 0.6 is 23.2 Å². The number of rotatable bonds is 4. The molecular formula is C16H15Cl2N3O2. The molecule has 0 unspecified atom stereocenters. The molecule has 1 aromatic carbocycles. The van der Waals surface area contributed by atoms with Crippen molar-refractivity contribution in [3.63, 3.8) is 0 Å². The molecular weight excluding hydrogens is 337 g/mol. The molecule has 2 atom stereocenters. The number of aromatic nitrogens is 1. The van der Waals surface area contributed by atoms with Gasteiger partial charge in [0.1, 0.15) is 10.4 Å². The van der Waals surface area contributed by atoms with E-state index in [0.29, 0.717) is 12.8 Å². The number of H-pyrrole nitrogens is 1. The summed E-state index contributed by atoms with van der Waals surface area (Å²) in [5, 5.41) is 3.82. The number of hydrogen-bond acceptors (Lipinski definition) is 2. The Labute approximate surface area is 142 Å². The molecule has 7 heteroatoms. The number of alkyl halides is 2. The van der Waals surface area contributed by atoms with Crippen molar-refractivity contribution in [2.24, 2.45) is 5.92 Å². The average Bonchev–Trinajstić information content (AvgIpc) is 2.83. The number of benzene rings is 1. The van der Waals surface area contributed by atoms with Gasteiger partial charge in [0, 0.05) is 36.0 Å². The number of carbonyl (C=O) groups excluding carboxylic acids is 2. The third-order valence-corrected chi connectivity index (χ3v) is 5.49. The van der Waals surface area contributed by atoms with Crippen molar-refractivity contribution in [3.05, 3.63) is 36.0 Å². The summed E-state index contributed by atoms with van der Waals surface area (Å²) in [6.45, 7) is 0.280. The number of nitrogens with one attached hydrogen (secondary N) is 2. The minimum Gasteiger partial charge on any atom is -0.361 e. The van der Waals surface area contributed by atoms with Crippen LogP contribution in [0.5, 0.6) is 0 Å². The molecule has 1 aromatic heterocycles. The van der Waals surface area contributed by atoms with Crippen molar-refractivity contribution in [1.82, 2.24) is 15.2 Å². The number of hydrogen-bond donors (Lipinski definition) is 2. The number of fused-ring (bicyclic) bond motifs is 1. The molecule has 2 aliphatic rings. The molecule has 1 aliphatic carbocycles. The lowest BCUT2D eigenvalue weighted by atomic mass is 10.1. The van der Waals surface area contributed by atoms with Gasteiger partial charge >= 0.3 is 6.03 Å². The highest BCUT2D eigenvalue weighted by atomic mass is 35.5. The molecule has 120 valence electrons. The van der Waals surface area contributed by atoms with E-state index in [1.807, 2.05) is 30.5 Å². The minimum atomic E-state index is -0.796. The summed E-state index contributed by atoms with van der Waals surface area (Å²) in [5.41, 5.74) is 2.03. The molecule has 1 saturated carbocycles. The van der Waals surface area contributed by atoms with Crippen LogP contribution in [-0.2, 0) is 11.2 Å². The standard InChI is InChI=1S/C16H15Cl2N3O2/c17-16(18)6-10(16)8-21-14(22)13(20-15(21)23)5-9-7-19-12-4-2-1-3-11(9)12/h1-4,7,10,13,19H,5-6,8H2,(H,20,23)/t10-,13+/m1/s1. The molecule has 2 N–H and O–H groups in total. The highest BCUT2D eigenvalue weighted by Gasteiger charge is 2.54. The van der Waals surface area contributed by atoms with Gasteiger partial charge < -0.3 is 10.3 Å². The van der Waals surface area contributed by atoms with Gasteiger partial charge in [0.25, 0.3) is 5.91 Å². The lowest BCUT2D eigenvalue weighted by Gasteiger charge is -2.13. The Balaban J connectivity index is 1.50. The van der Waals surface area contributed by atoms with E-state index in [0.717, 1.165) is 16.5 Å². The van der Waals surface area contributed by atoms with Crippen LogP contribution in [0.3, 0.4) is 0 Å². The van der Waals surface area contributed by atoms with E-state index in [9.17, 15) is 9.59 Å². The summed E-state index contributed by atoms with van der Waals surface area (Å²) < 4.78 is -0.796. The highest BCUT2D eigenvalue weighted by Crippen LogP contribution is 2.53. The first kappa shape index (κ1) is 14.8. The fourth-order valence-electron chi connectivity index (χ4n) is 3.10. The second-order valence-corrected chi connectivity index (χ2v) is 7.72. The second-order valence-electron chi connectivity index (χ2n) is 6.18. The van der Waals surface area contributed by atoms with Gasteiger partial charge in [-0.05, 0) is 18.1 Å². The first-order chi connectivity index (χ1) is 11.0. The molecule has 0 spiro atoms. The number of para-hydroxylation sites is 1. The first-order valence-electron chi connectivity index (χ1n) is 7.50. The van der Waals surface area contributed by atoms with E-state index >= 15 is 0 Å². The van der Waals surface area contributed by atoms with E-state index < -0.39 is 10.4 Å². The van der Waals surface area contributed by atoms with Crippen LogP contribution in [0.25, 0.3) is 10.9 Å². The summed E-state index contributed by atoms with van der Waals surface area (Å²) in [7, 11) is 0. The van der Waals surface area contributed by atoms with Crippen molar-refractivity contribution in [3.8, 4) is 0 Å². The summed E-state index contributed by atoms with van der Waals surface area (Å²) >= 11 is 12.0. The van der Waals surface area contributed by atoms with Gasteiger partial charge in [-0.25, -0.2) is 4.79 Å². The summed E-state index contributed by atoms with van der Waals surface area (Å²) in [6.07, 6.45) is 2.96. The fraction of sp³-hybridized carbons (Fsp3) is 0.375. The van der Waals surface area contributed by atoms with Crippen LogP contribution in [0, 0.1) is 5.92 Å². The highest BCUT2D eigenvalue weighted by molar-refractivity contribution is 6.50. The van der Waals surface area contributed by atoms with E-state index in [1.54, 1.807) is 0 Å². The van der Waals surface area contributed by atoms with Crippen LogP contribution in [-0.4, -0.2) is 38.7 Å². The Morgan fingerprint density at radius 3 is 2.74 bits per heavy atom. The van der Waals surface area contributed by atoms with Crippen LogP contribution in [0.2, 0.25) is 0 Å². The van der Waals surface area contributed by atoms with Crippen LogP contribution in [0.1, 0.15) is 12.0 Å². The SMILES string of the molecule is O=C1N[C@@H](Cc2c[nH]c3ccccc23)C(=O)N1C[C@H]1CC1(Cl)Cl. The van der Waals surface area contributed by atoms with Crippen LogP contribution in [0.4, 0.5) is 4.79 Å². The Morgan fingerprint density at radius 1 is 1.26 bits per heavy atom. The molecule has 0 radical (unpaired) electrons. The average molecular weight is 352 g/mol. The molecule has 0 bridgehead atoms. The van der Waals surface area contributed by atoms with E-state index in [-0.39, 0.29) is 24.4 Å². The van der Waals surface area contributed by atoms with Gasteiger partial charge in [-0.3, -0.25) is 9.69 Å². The molecule has 23 heavy (non-hydrogen) atoms. The third-order valence-electron chi connectivity index (χ3n) is 4.56. The third kappa shape index (κ3) is 2.58. The Morgan fingerprint density at radius 2 is 2.00 bits per heavy atom. The zero-order valence-electron chi connectivity index (χ0n) is 12.2. The Hall–Kier alpha value is -1.72. The monoisotopic (exact) mass is 351 g/mol. The number of urea groups is 1. The number of carbonyl (C=O) groups is 2. The van der Waals surface area contributed by atoms with Crippen molar-refractivity contribution in [1.29, 1.82) is 0 Å². The summed E-state index contributed by atoms with van der Waals surface area (Å²) in [4.78, 5) is 29.0. The van der Waals surface area contributed by atoms with Gasteiger partial charge in [0.15, 0.2) is 0 Å². The second kappa shape index (κ2) is 5.14. The number of amides is 3. The zero-order chi connectivity index (χ0) is 16.2. The maximum atomic E-state index is 12.5. The molecule has 5 nitrogen and oxygen atoms in total. The van der Waals surface area contributed by atoms with Crippen molar-refractivity contribution in [2.75, 3.05) is 6.54 Å². The quantitative estimate of drug-likeness (QED) is 0.657. The Kier molecular flexibility index (Phi) is 3.32. The fourth-order valence-corrected chi connectivity index (χ4v) is 3.61. The molecule has 1 aliphatic heterocycles. The first-order valence-corrected chi connectivity index (χ1v) is 8.26. The topological polar surface area (TPSA) is 65.2 Å². The zero-order valence-corrected chi connectivity index (χ0v) is 13.7. The predicted octanol–water partition coefficient (Wildman–Crippen LogP) is 2.82. The van der Waals surface area contributed by atoms with Crippen molar-refractivity contribution < 1.29 is 9.59 Å². The number of nitrogens with zero attached hydrogens (tertiary/aromatic N) is 1. The molecule has 3 amide bonds. The van der Waals surface area contributed by atoms with Crippen molar-refractivity contribution >= 4 is 46.0 Å². The smallest absolute Gasteiger partial charge is 0.324 e. The van der Waals surface area contributed by atoms with Crippen LogP contribution in [0.15, 0.2) is 30.5 Å². The van der Waals surface area contributed by atoms with Crippen LogP contribution < -0.4 is 5.32 Å². The van der Waals surface area contributed by atoms with Crippen molar-refractivity contribution in [2.45, 2.75) is 23.2 Å². The van der Waals surface area contributed by atoms with Gasteiger partial charge in [0.05, 0.1) is 0 Å². The van der Waals surface area contributed by atoms with Gasteiger partial charge in [0.2, 0.25) is 0 Å². The number of halogens is 2. The molecule has 2 aromatic rings. The number of aromatic amines is 1. The maximum absolute atomic E-state index is 12.5. The largest absolute Gasteiger partial charge is 0.361 e. The molecule has 2 fully saturated rings. The minimum absolute atomic E-state index is 0.0348. The summed E-state index contributed by atoms with van der Waals surface area (Å²) in [6, 6.07) is 6.98. The lowest BCUT2D eigenvalue weighted by molar-refractivity contribution is -0.127. The Bertz CT molecular complexity index is 801. The van der Waals surface area contributed by atoms with Gasteiger partial charge in [-0.1, -0.05) is 18.2 Å². The van der Waals surface area contributed by atoms with E-state index in [1.165, 1.54) is 4.90 Å². The summed E-state index contributed by atoms with van der Waals surface area (Å²) in [5.74, 6) is -0.247. The van der Waals surface area contributed by atoms with Gasteiger partial charge in [-0.2, -0.15) is 0 Å². The molecule has 2 heterocycles. The molecule has 4 rings (SSSR count).